The summed E-state index contributed by atoms with van der Waals surface area (Å²) in [4.78, 5) is 35.6. The molecule has 10 nitrogen and oxygen atoms in total. The van der Waals surface area contributed by atoms with Crippen molar-refractivity contribution in [2.45, 2.75) is 32.4 Å². The number of thioether (sulfide) groups is 1. The molecule has 1 N–H and O–H groups in total. The van der Waals surface area contributed by atoms with Gasteiger partial charge >= 0.3 is 59.1 Å². The first-order valence-corrected chi connectivity index (χ1v) is 9.24. The van der Waals surface area contributed by atoms with Gasteiger partial charge in [0.15, 0.2) is 0 Å². The molecule has 0 aromatic carbocycles. The molecular weight excluding hydrogens is 422 g/mol. The number of hydrogen-bond donors (Lipinski definition) is 1. The molecule has 3 atom stereocenters. The Labute approximate surface area is 204 Å². The third kappa shape index (κ3) is 6.56. The number of carboxylic acid groups (broad SMARTS) is 1. The SMILES string of the molecule is CC(=O)N/C=C/SC1=C(C(=O)[O-])N2C(=O)[C@@H](C(C)OS(=O)(=O)[O-])[C@H]2C1.[Na+].[Na+]. The molecule has 0 aromatic heterocycles. The number of nitrogens with one attached hydrogen (secondary N) is 1. The van der Waals surface area contributed by atoms with Crippen LogP contribution in [-0.4, -0.2) is 47.8 Å². The maximum Gasteiger partial charge on any atom is 1.00 e. The number of hydrogen-bond acceptors (Lipinski definition) is 9. The van der Waals surface area contributed by atoms with Gasteiger partial charge < -0.3 is 24.7 Å². The van der Waals surface area contributed by atoms with Gasteiger partial charge in [0.05, 0.1) is 29.7 Å². The summed E-state index contributed by atoms with van der Waals surface area (Å²) in [6.07, 6.45) is 0.248. The Hall–Kier alpha value is 0.110. The van der Waals surface area contributed by atoms with Crippen LogP contribution in [0.1, 0.15) is 20.3 Å². The topological polar surface area (TPSA) is 156 Å². The normalized spacial score (nSPS) is 22.5. The monoisotopic (exact) mass is 436 g/mol. The van der Waals surface area contributed by atoms with Crippen LogP contribution in [0.2, 0.25) is 0 Å². The van der Waals surface area contributed by atoms with Crippen molar-refractivity contribution in [1.29, 1.82) is 0 Å². The summed E-state index contributed by atoms with van der Waals surface area (Å²) in [5.41, 5.74) is -0.305. The van der Waals surface area contributed by atoms with Gasteiger partial charge in [0.2, 0.25) is 22.2 Å². The van der Waals surface area contributed by atoms with Gasteiger partial charge in [-0.1, -0.05) is 11.8 Å². The van der Waals surface area contributed by atoms with E-state index < -0.39 is 40.3 Å². The molecule has 2 rings (SSSR count). The van der Waals surface area contributed by atoms with Crippen LogP contribution in [0.5, 0.6) is 0 Å². The minimum absolute atomic E-state index is 0. The van der Waals surface area contributed by atoms with E-state index in [1.807, 2.05) is 0 Å². The average Bonchev–Trinajstić information content (AvgIpc) is 2.76. The predicted molar refractivity (Wildman–Crippen MR) is 81.6 cm³/mol. The number of fused-ring (bicyclic) bond motifs is 1. The molecule has 2 aliphatic rings. The molecule has 0 saturated carbocycles. The second-order valence-electron chi connectivity index (χ2n) is 5.40. The third-order valence-electron chi connectivity index (χ3n) is 3.70. The average molecular weight is 436 g/mol. The van der Waals surface area contributed by atoms with Crippen molar-refractivity contribution < 1.29 is 95.8 Å². The van der Waals surface area contributed by atoms with Crippen molar-refractivity contribution in [1.82, 2.24) is 10.2 Å². The van der Waals surface area contributed by atoms with E-state index in [1.165, 1.54) is 25.5 Å². The summed E-state index contributed by atoms with van der Waals surface area (Å²) >= 11 is 0.988. The Bertz CT molecular complexity index is 783. The quantitative estimate of drug-likeness (QED) is 0.177. The molecule has 0 radical (unpaired) electrons. The van der Waals surface area contributed by atoms with Crippen molar-refractivity contribution in [2.24, 2.45) is 5.92 Å². The molecule has 2 amide bonds. The van der Waals surface area contributed by atoms with Gasteiger partial charge in [-0.25, -0.2) is 8.42 Å². The predicted octanol–water partition coefficient (Wildman–Crippen LogP) is -7.61. The molecule has 2 heterocycles. The second-order valence-corrected chi connectivity index (χ2v) is 7.41. The minimum atomic E-state index is -4.99. The molecule has 0 aromatic rings. The van der Waals surface area contributed by atoms with Crippen LogP contribution in [0, 0.1) is 5.92 Å². The van der Waals surface area contributed by atoms with Gasteiger partial charge in [-0.15, -0.1) is 0 Å². The summed E-state index contributed by atoms with van der Waals surface area (Å²) in [5.74, 6) is -3.45. The molecule has 2 aliphatic heterocycles. The number of β-lactam (4-membered cyclic amide) rings is 1. The zero-order chi connectivity index (χ0) is 18.9. The molecule has 138 valence electrons. The summed E-state index contributed by atoms with van der Waals surface area (Å²) in [7, 11) is -4.99. The summed E-state index contributed by atoms with van der Waals surface area (Å²) in [5, 5.41) is 15.2. The zero-order valence-electron chi connectivity index (χ0n) is 15.1. The largest absolute Gasteiger partial charge is 1.00 e. The van der Waals surface area contributed by atoms with E-state index >= 15 is 0 Å². The van der Waals surface area contributed by atoms with Crippen LogP contribution in [0.4, 0.5) is 0 Å². The van der Waals surface area contributed by atoms with E-state index in [2.05, 4.69) is 9.50 Å². The molecule has 0 spiro atoms. The van der Waals surface area contributed by atoms with Crippen LogP contribution in [-0.2, 0) is 29.0 Å². The van der Waals surface area contributed by atoms with E-state index in [1.54, 1.807) is 0 Å². The maximum absolute atomic E-state index is 12.2. The number of nitrogens with zero attached hydrogens (tertiary/aromatic N) is 1. The van der Waals surface area contributed by atoms with Crippen molar-refractivity contribution in [2.75, 3.05) is 0 Å². The van der Waals surface area contributed by atoms with Gasteiger partial charge in [0, 0.05) is 24.4 Å². The molecule has 0 bridgehead atoms. The fourth-order valence-electron chi connectivity index (χ4n) is 2.83. The fourth-order valence-corrected chi connectivity index (χ4v) is 4.18. The van der Waals surface area contributed by atoms with Crippen LogP contribution >= 0.6 is 11.8 Å². The Balaban J connectivity index is 0.00000338. The van der Waals surface area contributed by atoms with E-state index in [9.17, 15) is 32.5 Å². The summed E-state index contributed by atoms with van der Waals surface area (Å²) in [6, 6.07) is -0.631. The zero-order valence-corrected chi connectivity index (χ0v) is 20.8. The van der Waals surface area contributed by atoms with Crippen LogP contribution in [0.3, 0.4) is 0 Å². The van der Waals surface area contributed by atoms with Crippen LogP contribution in [0.25, 0.3) is 0 Å². The van der Waals surface area contributed by atoms with Gasteiger partial charge in [-0.05, 0) is 12.3 Å². The van der Waals surface area contributed by atoms with Crippen LogP contribution in [0.15, 0.2) is 22.2 Å². The van der Waals surface area contributed by atoms with Gasteiger partial charge in [0.25, 0.3) is 0 Å². The number of carboxylic acids is 1. The first-order chi connectivity index (χ1) is 11.5. The number of carbonyl (C=O) groups is 3. The number of amides is 2. The third-order valence-corrected chi connectivity index (χ3v) is 5.16. The van der Waals surface area contributed by atoms with Gasteiger partial charge in [-0.2, -0.15) is 0 Å². The van der Waals surface area contributed by atoms with E-state index in [0.717, 1.165) is 16.7 Å². The smallest absolute Gasteiger partial charge is 0.726 e. The Morgan fingerprint density at radius 2 is 2.00 bits per heavy atom. The van der Waals surface area contributed by atoms with E-state index in [0.29, 0.717) is 4.91 Å². The minimum Gasteiger partial charge on any atom is -0.726 e. The molecule has 1 unspecified atom stereocenters. The summed E-state index contributed by atoms with van der Waals surface area (Å²) in [6.45, 7) is 2.56. The molecule has 14 heteroatoms. The van der Waals surface area contributed by atoms with Crippen molar-refractivity contribution in [3.63, 3.8) is 0 Å². The number of aliphatic carboxylic acids is 1. The van der Waals surface area contributed by atoms with Gasteiger partial charge in [-0.3, -0.25) is 13.8 Å². The van der Waals surface area contributed by atoms with Crippen molar-refractivity contribution >= 4 is 39.9 Å². The maximum atomic E-state index is 12.2. The van der Waals surface area contributed by atoms with Gasteiger partial charge in [0.1, 0.15) is 0 Å². The second kappa shape index (κ2) is 10.8. The summed E-state index contributed by atoms with van der Waals surface area (Å²) < 4.78 is 36.4. The molecule has 27 heavy (non-hydrogen) atoms. The van der Waals surface area contributed by atoms with Crippen molar-refractivity contribution in [3.8, 4) is 0 Å². The first-order valence-electron chi connectivity index (χ1n) is 7.03. The molecule has 1 saturated heterocycles. The Morgan fingerprint density at radius 3 is 2.48 bits per heavy atom. The van der Waals surface area contributed by atoms with Crippen molar-refractivity contribution in [3.05, 3.63) is 22.2 Å². The van der Waals surface area contributed by atoms with E-state index in [-0.39, 0.29) is 77.1 Å². The molecule has 0 aliphatic carbocycles. The van der Waals surface area contributed by atoms with E-state index in [4.69, 9.17) is 0 Å². The number of rotatable bonds is 7. The number of carbonyl (C=O) groups excluding carboxylic acids is 3. The van der Waals surface area contributed by atoms with Crippen LogP contribution < -0.4 is 69.5 Å². The standard InChI is InChI=1S/C13H16N2O8S2.2Na/c1-6(23-25(20,21)22)10-8-5-9(24-4-3-14-7(2)16)11(13(18)19)15(8)12(10)17;;/h3-4,6,8,10H,5H2,1-2H3,(H,14,16)(H,18,19)(H,20,21,22);;/q;2*+1/p-2/b4-3+;;/t6?,8-,10+;;/m1../s1. The molecule has 1 fully saturated rings. The molecular formula is C13H14N2Na2O8S2. The fraction of sp³-hybridized carbons (Fsp3) is 0.462. The Kier molecular flexibility index (Phi) is 10.8. The first kappa shape index (κ1) is 27.1. The Morgan fingerprint density at radius 1 is 1.41 bits per heavy atom.